The highest BCUT2D eigenvalue weighted by Crippen LogP contribution is 2.24. The third kappa shape index (κ3) is 4.07. The summed E-state index contributed by atoms with van der Waals surface area (Å²) in [5, 5.41) is 4.02. The van der Waals surface area contributed by atoms with E-state index >= 15 is 0 Å². The van der Waals surface area contributed by atoms with E-state index in [1.165, 1.54) is 5.56 Å². The van der Waals surface area contributed by atoms with E-state index in [9.17, 15) is 0 Å². The molecule has 106 valence electrons. The van der Waals surface area contributed by atoms with Crippen molar-refractivity contribution < 1.29 is 9.47 Å². The first-order valence-electron chi connectivity index (χ1n) is 6.46. The van der Waals surface area contributed by atoms with Gasteiger partial charge in [-0.2, -0.15) is 0 Å². The van der Waals surface area contributed by atoms with Crippen LogP contribution in [0.2, 0.25) is 5.02 Å². The van der Waals surface area contributed by atoms with Crippen molar-refractivity contribution in [3.8, 4) is 11.5 Å². The smallest absolute Gasteiger partial charge is 0.141 e. The second-order valence-corrected chi connectivity index (χ2v) is 4.87. The molecule has 0 bridgehead atoms. The lowest BCUT2D eigenvalue weighted by Gasteiger charge is -2.12. The van der Waals surface area contributed by atoms with E-state index in [0.717, 1.165) is 17.2 Å². The predicted molar refractivity (Wildman–Crippen MR) is 83.2 cm³/mol. The van der Waals surface area contributed by atoms with Gasteiger partial charge in [0.05, 0.1) is 12.8 Å². The SMILES string of the molecule is COc1ccc(C)cc1NCCOc1ccc(Cl)cc1. The highest BCUT2D eigenvalue weighted by atomic mass is 35.5. The highest BCUT2D eigenvalue weighted by molar-refractivity contribution is 6.30. The van der Waals surface area contributed by atoms with E-state index < -0.39 is 0 Å². The molecule has 20 heavy (non-hydrogen) atoms. The molecule has 0 saturated carbocycles. The van der Waals surface area contributed by atoms with Crippen LogP contribution in [0, 0.1) is 6.92 Å². The molecule has 0 aliphatic carbocycles. The summed E-state index contributed by atoms with van der Waals surface area (Å²) in [7, 11) is 1.67. The van der Waals surface area contributed by atoms with Crippen molar-refractivity contribution >= 4 is 17.3 Å². The fourth-order valence-corrected chi connectivity index (χ4v) is 1.97. The second kappa shape index (κ2) is 7.06. The number of aryl methyl sites for hydroxylation is 1. The average molecular weight is 292 g/mol. The number of rotatable bonds is 6. The van der Waals surface area contributed by atoms with Crippen molar-refractivity contribution in [1.29, 1.82) is 0 Å². The summed E-state index contributed by atoms with van der Waals surface area (Å²) < 4.78 is 10.9. The van der Waals surface area contributed by atoms with Crippen molar-refractivity contribution in [3.05, 3.63) is 53.1 Å². The maximum atomic E-state index is 5.82. The van der Waals surface area contributed by atoms with Gasteiger partial charge >= 0.3 is 0 Å². The van der Waals surface area contributed by atoms with E-state index in [1.54, 1.807) is 7.11 Å². The maximum Gasteiger partial charge on any atom is 0.141 e. The number of benzene rings is 2. The van der Waals surface area contributed by atoms with Gasteiger partial charge in [-0.3, -0.25) is 0 Å². The van der Waals surface area contributed by atoms with Gasteiger partial charge in [0.15, 0.2) is 0 Å². The van der Waals surface area contributed by atoms with Gasteiger partial charge in [-0.1, -0.05) is 17.7 Å². The predicted octanol–water partition coefficient (Wildman–Crippen LogP) is 4.15. The number of hydrogen-bond donors (Lipinski definition) is 1. The van der Waals surface area contributed by atoms with Crippen LogP contribution in [0.15, 0.2) is 42.5 Å². The standard InChI is InChI=1S/C16H18ClNO2/c1-12-3-8-16(19-2)15(11-12)18-9-10-20-14-6-4-13(17)5-7-14/h3-8,11,18H,9-10H2,1-2H3. The van der Waals surface area contributed by atoms with Gasteiger partial charge in [-0.25, -0.2) is 0 Å². The van der Waals surface area contributed by atoms with Gasteiger partial charge in [0.2, 0.25) is 0 Å². The Kier molecular flexibility index (Phi) is 5.13. The normalized spacial score (nSPS) is 10.2. The Hall–Kier alpha value is -1.87. The molecule has 0 spiro atoms. The average Bonchev–Trinajstić information content (AvgIpc) is 2.46. The van der Waals surface area contributed by atoms with Crippen LogP contribution in [0.1, 0.15) is 5.56 Å². The molecule has 0 fully saturated rings. The largest absolute Gasteiger partial charge is 0.495 e. The zero-order valence-electron chi connectivity index (χ0n) is 11.7. The molecule has 2 aromatic carbocycles. The van der Waals surface area contributed by atoms with Gasteiger partial charge in [0.1, 0.15) is 18.1 Å². The molecule has 0 radical (unpaired) electrons. The minimum absolute atomic E-state index is 0.568. The zero-order valence-corrected chi connectivity index (χ0v) is 12.4. The van der Waals surface area contributed by atoms with Crippen molar-refractivity contribution in [1.82, 2.24) is 0 Å². The molecule has 0 aliphatic heterocycles. The first kappa shape index (κ1) is 14.5. The van der Waals surface area contributed by atoms with Crippen molar-refractivity contribution in [2.24, 2.45) is 0 Å². The van der Waals surface area contributed by atoms with E-state index in [4.69, 9.17) is 21.1 Å². The monoisotopic (exact) mass is 291 g/mol. The Labute approximate surface area is 124 Å². The Bertz CT molecular complexity index is 555. The number of methoxy groups -OCH3 is 1. The van der Waals surface area contributed by atoms with Gasteiger partial charge in [0, 0.05) is 11.6 Å². The van der Waals surface area contributed by atoms with Crippen LogP contribution in [-0.4, -0.2) is 20.3 Å². The molecule has 0 saturated heterocycles. The number of ether oxygens (including phenoxy) is 2. The quantitative estimate of drug-likeness (QED) is 0.811. The Morgan fingerprint density at radius 3 is 2.55 bits per heavy atom. The Balaban J connectivity index is 1.84. The molecular weight excluding hydrogens is 274 g/mol. The van der Waals surface area contributed by atoms with Crippen LogP contribution in [0.25, 0.3) is 0 Å². The second-order valence-electron chi connectivity index (χ2n) is 4.43. The van der Waals surface area contributed by atoms with Crippen LogP contribution in [0.3, 0.4) is 0 Å². The lowest BCUT2D eigenvalue weighted by Crippen LogP contribution is -2.12. The van der Waals surface area contributed by atoms with Crippen LogP contribution in [0.5, 0.6) is 11.5 Å². The summed E-state index contributed by atoms with van der Waals surface area (Å²) in [6.45, 7) is 3.32. The van der Waals surface area contributed by atoms with Crippen molar-refractivity contribution in [3.63, 3.8) is 0 Å². The van der Waals surface area contributed by atoms with Crippen LogP contribution in [0.4, 0.5) is 5.69 Å². The Morgan fingerprint density at radius 2 is 1.85 bits per heavy atom. The van der Waals surface area contributed by atoms with E-state index in [-0.39, 0.29) is 0 Å². The first-order valence-corrected chi connectivity index (χ1v) is 6.84. The van der Waals surface area contributed by atoms with E-state index in [0.29, 0.717) is 18.2 Å². The molecule has 0 aromatic heterocycles. The maximum absolute atomic E-state index is 5.82. The van der Waals surface area contributed by atoms with E-state index in [1.807, 2.05) is 36.4 Å². The first-order chi connectivity index (χ1) is 9.69. The van der Waals surface area contributed by atoms with Gasteiger partial charge in [-0.05, 0) is 48.9 Å². The molecule has 4 heteroatoms. The lowest BCUT2D eigenvalue weighted by atomic mass is 10.2. The molecule has 1 N–H and O–H groups in total. The molecule has 0 amide bonds. The molecule has 0 heterocycles. The van der Waals surface area contributed by atoms with Gasteiger partial charge < -0.3 is 14.8 Å². The molecule has 3 nitrogen and oxygen atoms in total. The van der Waals surface area contributed by atoms with E-state index in [2.05, 4.69) is 18.3 Å². The molecule has 0 unspecified atom stereocenters. The Morgan fingerprint density at radius 1 is 1.10 bits per heavy atom. The summed E-state index contributed by atoms with van der Waals surface area (Å²) in [6.07, 6.45) is 0. The molecular formula is C16H18ClNO2. The zero-order chi connectivity index (χ0) is 14.4. The number of halogens is 1. The van der Waals surface area contributed by atoms with Crippen LogP contribution in [-0.2, 0) is 0 Å². The lowest BCUT2D eigenvalue weighted by molar-refractivity contribution is 0.332. The number of anilines is 1. The van der Waals surface area contributed by atoms with Crippen molar-refractivity contribution in [2.75, 3.05) is 25.6 Å². The van der Waals surface area contributed by atoms with Crippen molar-refractivity contribution in [2.45, 2.75) is 6.92 Å². The highest BCUT2D eigenvalue weighted by Gasteiger charge is 2.02. The summed E-state index contributed by atoms with van der Waals surface area (Å²) in [6, 6.07) is 13.4. The minimum Gasteiger partial charge on any atom is -0.495 e. The molecule has 2 aromatic rings. The van der Waals surface area contributed by atoms with Crippen LogP contribution < -0.4 is 14.8 Å². The fourth-order valence-electron chi connectivity index (χ4n) is 1.85. The fraction of sp³-hybridized carbons (Fsp3) is 0.250. The summed E-state index contributed by atoms with van der Waals surface area (Å²) >= 11 is 5.82. The summed E-state index contributed by atoms with van der Waals surface area (Å²) in [5.74, 6) is 1.65. The molecule has 0 atom stereocenters. The third-order valence-electron chi connectivity index (χ3n) is 2.85. The minimum atomic E-state index is 0.568. The summed E-state index contributed by atoms with van der Waals surface area (Å²) in [4.78, 5) is 0. The summed E-state index contributed by atoms with van der Waals surface area (Å²) in [5.41, 5.74) is 2.17. The molecule has 0 aliphatic rings. The van der Waals surface area contributed by atoms with Crippen LogP contribution >= 0.6 is 11.6 Å². The molecule has 2 rings (SSSR count). The topological polar surface area (TPSA) is 30.5 Å². The van der Waals surface area contributed by atoms with Gasteiger partial charge in [-0.15, -0.1) is 0 Å². The van der Waals surface area contributed by atoms with Gasteiger partial charge in [0.25, 0.3) is 0 Å². The number of hydrogen-bond acceptors (Lipinski definition) is 3. The third-order valence-corrected chi connectivity index (χ3v) is 3.11. The number of nitrogens with one attached hydrogen (secondary N) is 1.